The molecule has 0 spiro atoms. The Balaban J connectivity index is 1.88. The first-order valence-electron chi connectivity index (χ1n) is 9.25. The van der Waals surface area contributed by atoms with Gasteiger partial charge in [-0.1, -0.05) is 55.3 Å². The third-order valence-electron chi connectivity index (χ3n) is 6.45. The molecule has 2 aromatic rings. The highest BCUT2D eigenvalue weighted by Crippen LogP contribution is 2.55. The molecule has 2 heteroatoms. The highest BCUT2D eigenvalue weighted by Gasteiger charge is 2.51. The van der Waals surface area contributed by atoms with Crippen molar-refractivity contribution in [3.05, 3.63) is 65.7 Å². The van der Waals surface area contributed by atoms with Crippen LogP contribution in [0.25, 0.3) is 0 Å². The molecule has 0 heterocycles. The van der Waals surface area contributed by atoms with Crippen LogP contribution in [-0.4, -0.2) is 16.3 Å². The number of aliphatic hydroxyl groups is 1. The van der Waals surface area contributed by atoms with Gasteiger partial charge in [0.15, 0.2) is 0 Å². The van der Waals surface area contributed by atoms with Gasteiger partial charge in [-0.2, -0.15) is 0 Å². The zero-order valence-corrected chi connectivity index (χ0v) is 14.1. The van der Waals surface area contributed by atoms with Crippen molar-refractivity contribution in [1.82, 2.24) is 0 Å². The highest BCUT2D eigenvalue weighted by atomic mass is 16.3. The maximum absolute atomic E-state index is 10.6. The molecule has 0 aromatic heterocycles. The largest absolute Gasteiger partial charge is 0.508 e. The minimum Gasteiger partial charge on any atom is -0.508 e. The predicted octanol–water partition coefficient (Wildman–Crippen LogP) is 4.64. The summed E-state index contributed by atoms with van der Waals surface area (Å²) in [6, 6.07) is 18.6. The molecule has 4 unspecified atom stereocenters. The Kier molecular flexibility index (Phi) is 4.09. The van der Waals surface area contributed by atoms with Gasteiger partial charge in [0.05, 0.1) is 6.10 Å². The SMILES string of the molecule is Oc1ccc(C2(c3ccccc3)CCC(O)C3CCCCC32)cc1. The average molecular weight is 322 g/mol. The van der Waals surface area contributed by atoms with Crippen LogP contribution in [0.1, 0.15) is 49.7 Å². The first-order chi connectivity index (χ1) is 11.7. The first-order valence-corrected chi connectivity index (χ1v) is 9.25. The minimum absolute atomic E-state index is 0.0424. The molecular weight excluding hydrogens is 296 g/mol. The van der Waals surface area contributed by atoms with Crippen molar-refractivity contribution in [2.24, 2.45) is 11.8 Å². The van der Waals surface area contributed by atoms with Gasteiger partial charge in [-0.25, -0.2) is 0 Å². The summed E-state index contributed by atoms with van der Waals surface area (Å²) in [6.45, 7) is 0. The van der Waals surface area contributed by atoms with E-state index in [9.17, 15) is 10.2 Å². The number of phenols is 1. The van der Waals surface area contributed by atoms with E-state index in [0.29, 0.717) is 17.6 Å². The Bertz CT molecular complexity index is 679. The fraction of sp³-hybridized carbons (Fsp3) is 0.455. The molecule has 2 saturated carbocycles. The van der Waals surface area contributed by atoms with Crippen LogP contribution in [0.3, 0.4) is 0 Å². The second kappa shape index (κ2) is 6.25. The summed E-state index contributed by atoms with van der Waals surface area (Å²) < 4.78 is 0. The Morgan fingerprint density at radius 2 is 1.46 bits per heavy atom. The summed E-state index contributed by atoms with van der Waals surface area (Å²) in [7, 11) is 0. The Morgan fingerprint density at radius 3 is 2.21 bits per heavy atom. The van der Waals surface area contributed by atoms with Crippen molar-refractivity contribution in [2.75, 3.05) is 0 Å². The number of fused-ring (bicyclic) bond motifs is 1. The summed E-state index contributed by atoms with van der Waals surface area (Å²) in [6.07, 6.45) is 6.47. The van der Waals surface area contributed by atoms with Crippen LogP contribution in [0, 0.1) is 11.8 Å². The van der Waals surface area contributed by atoms with Gasteiger partial charge in [0.1, 0.15) is 5.75 Å². The van der Waals surface area contributed by atoms with Gasteiger partial charge in [0.25, 0.3) is 0 Å². The lowest BCUT2D eigenvalue weighted by atomic mass is 9.52. The maximum Gasteiger partial charge on any atom is 0.115 e. The van der Waals surface area contributed by atoms with Crippen molar-refractivity contribution < 1.29 is 10.2 Å². The second-order valence-corrected chi connectivity index (χ2v) is 7.55. The van der Waals surface area contributed by atoms with Crippen LogP contribution in [0.2, 0.25) is 0 Å². The molecule has 2 nitrogen and oxygen atoms in total. The maximum atomic E-state index is 10.6. The molecule has 4 rings (SSSR count). The van der Waals surface area contributed by atoms with Gasteiger partial charge in [0, 0.05) is 5.41 Å². The molecule has 126 valence electrons. The number of hydrogen-bond acceptors (Lipinski definition) is 2. The number of rotatable bonds is 2. The molecule has 2 fully saturated rings. The zero-order valence-electron chi connectivity index (χ0n) is 14.1. The summed E-state index contributed by atoms with van der Waals surface area (Å²) in [4.78, 5) is 0. The van der Waals surface area contributed by atoms with Crippen LogP contribution >= 0.6 is 0 Å². The van der Waals surface area contributed by atoms with Gasteiger partial charge in [-0.05, 0) is 60.8 Å². The van der Waals surface area contributed by atoms with E-state index in [-0.39, 0.29) is 11.5 Å². The molecule has 0 amide bonds. The van der Waals surface area contributed by atoms with Crippen LogP contribution in [0.5, 0.6) is 5.75 Å². The summed E-state index contributed by atoms with van der Waals surface area (Å²) >= 11 is 0. The molecule has 2 aliphatic carbocycles. The summed E-state index contributed by atoms with van der Waals surface area (Å²) in [5.74, 6) is 1.18. The molecular formula is C22H26O2. The molecule has 4 atom stereocenters. The quantitative estimate of drug-likeness (QED) is 0.845. The van der Waals surface area contributed by atoms with E-state index in [1.165, 1.54) is 30.4 Å². The monoisotopic (exact) mass is 322 g/mol. The van der Waals surface area contributed by atoms with Crippen molar-refractivity contribution in [1.29, 1.82) is 0 Å². The van der Waals surface area contributed by atoms with Crippen LogP contribution in [0.15, 0.2) is 54.6 Å². The van der Waals surface area contributed by atoms with Crippen LogP contribution < -0.4 is 0 Å². The van der Waals surface area contributed by atoms with Gasteiger partial charge in [-0.3, -0.25) is 0 Å². The van der Waals surface area contributed by atoms with Crippen LogP contribution in [-0.2, 0) is 5.41 Å². The Morgan fingerprint density at radius 1 is 0.792 bits per heavy atom. The molecule has 0 radical (unpaired) electrons. The number of aliphatic hydroxyl groups excluding tert-OH is 1. The van der Waals surface area contributed by atoms with E-state index in [0.717, 1.165) is 19.3 Å². The molecule has 0 saturated heterocycles. The zero-order chi connectivity index (χ0) is 16.6. The lowest BCUT2D eigenvalue weighted by Gasteiger charge is -2.53. The Labute approximate surface area is 144 Å². The molecule has 0 bridgehead atoms. The standard InChI is InChI=1S/C22H26O2/c23-18-12-10-17(11-13-18)22(16-6-2-1-3-7-16)15-14-21(24)19-8-4-5-9-20(19)22/h1-3,6-7,10-13,19-21,23-24H,4-5,8-9,14-15H2. The molecule has 24 heavy (non-hydrogen) atoms. The van der Waals surface area contributed by atoms with Gasteiger partial charge < -0.3 is 10.2 Å². The predicted molar refractivity (Wildman–Crippen MR) is 96.0 cm³/mol. The summed E-state index contributed by atoms with van der Waals surface area (Å²) in [5.41, 5.74) is 2.61. The lowest BCUT2D eigenvalue weighted by Crippen LogP contribution is -2.50. The highest BCUT2D eigenvalue weighted by molar-refractivity contribution is 5.43. The van der Waals surface area contributed by atoms with Crippen molar-refractivity contribution >= 4 is 0 Å². The van der Waals surface area contributed by atoms with Gasteiger partial charge in [-0.15, -0.1) is 0 Å². The van der Waals surface area contributed by atoms with Crippen molar-refractivity contribution in [3.63, 3.8) is 0 Å². The topological polar surface area (TPSA) is 40.5 Å². The molecule has 0 aliphatic heterocycles. The molecule has 2 aromatic carbocycles. The van der Waals surface area contributed by atoms with E-state index < -0.39 is 0 Å². The number of benzene rings is 2. The first kappa shape index (κ1) is 15.7. The van der Waals surface area contributed by atoms with E-state index in [1.54, 1.807) is 0 Å². The van der Waals surface area contributed by atoms with Gasteiger partial charge in [0.2, 0.25) is 0 Å². The van der Waals surface area contributed by atoms with E-state index >= 15 is 0 Å². The average Bonchev–Trinajstić information content (AvgIpc) is 2.64. The van der Waals surface area contributed by atoms with E-state index in [4.69, 9.17) is 0 Å². The lowest BCUT2D eigenvalue weighted by molar-refractivity contribution is -0.0237. The number of phenolic OH excluding ortho intramolecular Hbond substituents is 1. The third-order valence-corrected chi connectivity index (χ3v) is 6.45. The van der Waals surface area contributed by atoms with Gasteiger partial charge >= 0.3 is 0 Å². The fourth-order valence-corrected chi connectivity index (χ4v) is 5.38. The van der Waals surface area contributed by atoms with Crippen molar-refractivity contribution in [3.8, 4) is 5.75 Å². The fourth-order valence-electron chi connectivity index (χ4n) is 5.38. The van der Waals surface area contributed by atoms with E-state index in [1.807, 2.05) is 12.1 Å². The second-order valence-electron chi connectivity index (χ2n) is 7.55. The normalized spacial score (nSPS) is 33.0. The molecule has 2 aliphatic rings. The number of aromatic hydroxyl groups is 1. The summed E-state index contributed by atoms with van der Waals surface area (Å²) in [5, 5.41) is 20.4. The van der Waals surface area contributed by atoms with Crippen molar-refractivity contribution in [2.45, 2.75) is 50.0 Å². The number of hydrogen-bond donors (Lipinski definition) is 2. The van der Waals surface area contributed by atoms with Crippen LogP contribution in [0.4, 0.5) is 0 Å². The Hall–Kier alpha value is -1.80. The minimum atomic E-state index is -0.163. The third kappa shape index (κ3) is 2.44. The smallest absolute Gasteiger partial charge is 0.115 e. The molecule has 2 N–H and O–H groups in total. The van der Waals surface area contributed by atoms with E-state index in [2.05, 4.69) is 42.5 Å².